The van der Waals surface area contributed by atoms with E-state index in [1.165, 1.54) is 0 Å². The SMILES string of the molecule is COc1ccccc1NC(=O)c1cccnc1Nc1ccc(Br)cc1. The van der Waals surface area contributed by atoms with E-state index in [1.54, 1.807) is 37.6 Å². The van der Waals surface area contributed by atoms with Crippen molar-refractivity contribution in [2.75, 3.05) is 17.7 Å². The fourth-order valence-electron chi connectivity index (χ4n) is 2.30. The zero-order chi connectivity index (χ0) is 17.6. The molecule has 25 heavy (non-hydrogen) atoms. The second kappa shape index (κ2) is 7.81. The van der Waals surface area contributed by atoms with Crippen LogP contribution in [0.15, 0.2) is 71.3 Å². The van der Waals surface area contributed by atoms with E-state index in [2.05, 4.69) is 31.5 Å². The molecule has 0 aliphatic carbocycles. The van der Waals surface area contributed by atoms with Crippen LogP contribution in [0.5, 0.6) is 5.75 Å². The number of anilines is 3. The van der Waals surface area contributed by atoms with E-state index >= 15 is 0 Å². The topological polar surface area (TPSA) is 63.2 Å². The summed E-state index contributed by atoms with van der Waals surface area (Å²) in [6, 6.07) is 18.3. The van der Waals surface area contributed by atoms with Crippen LogP contribution in [-0.2, 0) is 0 Å². The number of carbonyl (C=O) groups is 1. The summed E-state index contributed by atoms with van der Waals surface area (Å²) >= 11 is 3.40. The number of aromatic nitrogens is 1. The van der Waals surface area contributed by atoms with Crippen LogP contribution >= 0.6 is 15.9 Å². The molecule has 2 N–H and O–H groups in total. The maximum absolute atomic E-state index is 12.7. The smallest absolute Gasteiger partial charge is 0.259 e. The molecule has 126 valence electrons. The molecule has 0 unspecified atom stereocenters. The lowest BCUT2D eigenvalue weighted by molar-refractivity contribution is 0.102. The molecule has 3 rings (SSSR count). The molecule has 0 fully saturated rings. The number of nitrogens with one attached hydrogen (secondary N) is 2. The van der Waals surface area contributed by atoms with Crippen LogP contribution < -0.4 is 15.4 Å². The molecular weight excluding hydrogens is 382 g/mol. The molecule has 5 nitrogen and oxygen atoms in total. The van der Waals surface area contributed by atoms with Crippen LogP contribution in [0, 0.1) is 0 Å². The van der Waals surface area contributed by atoms with Gasteiger partial charge in [0.1, 0.15) is 11.6 Å². The monoisotopic (exact) mass is 397 g/mol. The maximum Gasteiger partial charge on any atom is 0.259 e. The second-order valence-corrected chi connectivity index (χ2v) is 6.10. The van der Waals surface area contributed by atoms with Crippen molar-refractivity contribution in [1.82, 2.24) is 4.98 Å². The first kappa shape index (κ1) is 17.0. The Morgan fingerprint density at radius 3 is 2.56 bits per heavy atom. The summed E-state index contributed by atoms with van der Waals surface area (Å²) < 4.78 is 6.25. The van der Waals surface area contributed by atoms with Gasteiger partial charge < -0.3 is 15.4 Å². The number of hydrogen-bond acceptors (Lipinski definition) is 4. The highest BCUT2D eigenvalue weighted by Gasteiger charge is 2.14. The average Bonchev–Trinajstić information content (AvgIpc) is 2.64. The fraction of sp³-hybridized carbons (Fsp3) is 0.0526. The van der Waals surface area contributed by atoms with Crippen LogP contribution in [0.25, 0.3) is 0 Å². The molecule has 6 heteroatoms. The summed E-state index contributed by atoms with van der Waals surface area (Å²) in [4.78, 5) is 17.0. The predicted molar refractivity (Wildman–Crippen MR) is 103 cm³/mol. The predicted octanol–water partition coefficient (Wildman–Crippen LogP) is 4.85. The number of ether oxygens (including phenoxy) is 1. The number of benzene rings is 2. The number of hydrogen-bond donors (Lipinski definition) is 2. The summed E-state index contributed by atoms with van der Waals surface area (Å²) in [5.74, 6) is 0.816. The third-order valence-corrected chi connectivity index (χ3v) is 4.04. The summed E-state index contributed by atoms with van der Waals surface area (Å²) in [6.45, 7) is 0. The minimum atomic E-state index is -0.266. The number of methoxy groups -OCH3 is 1. The van der Waals surface area contributed by atoms with E-state index in [1.807, 2.05) is 36.4 Å². The summed E-state index contributed by atoms with van der Waals surface area (Å²) in [5.41, 5.74) is 1.89. The molecule has 2 aromatic carbocycles. The van der Waals surface area contributed by atoms with E-state index in [0.29, 0.717) is 22.8 Å². The van der Waals surface area contributed by atoms with Gasteiger partial charge in [0.15, 0.2) is 0 Å². The standard InChI is InChI=1S/C19H16BrN3O2/c1-25-17-7-3-2-6-16(17)23-19(24)15-5-4-12-21-18(15)22-14-10-8-13(20)9-11-14/h2-12H,1H3,(H,21,22)(H,23,24). The van der Waals surface area contributed by atoms with Gasteiger partial charge in [-0.05, 0) is 48.5 Å². The number of pyridine rings is 1. The van der Waals surface area contributed by atoms with Crippen molar-refractivity contribution in [3.63, 3.8) is 0 Å². The number of carbonyl (C=O) groups excluding carboxylic acids is 1. The highest BCUT2D eigenvalue weighted by molar-refractivity contribution is 9.10. The number of para-hydroxylation sites is 2. The van der Waals surface area contributed by atoms with Gasteiger partial charge in [-0.2, -0.15) is 0 Å². The minimum Gasteiger partial charge on any atom is -0.495 e. The van der Waals surface area contributed by atoms with Crippen LogP contribution in [0.4, 0.5) is 17.2 Å². The third-order valence-electron chi connectivity index (χ3n) is 3.51. The highest BCUT2D eigenvalue weighted by Crippen LogP contribution is 2.25. The summed E-state index contributed by atoms with van der Waals surface area (Å²) in [5, 5.41) is 6.03. The Morgan fingerprint density at radius 2 is 1.80 bits per heavy atom. The third kappa shape index (κ3) is 4.16. The molecule has 1 amide bonds. The van der Waals surface area contributed by atoms with Crippen LogP contribution in [0.3, 0.4) is 0 Å². The zero-order valence-corrected chi connectivity index (χ0v) is 15.1. The van der Waals surface area contributed by atoms with E-state index in [0.717, 1.165) is 10.2 Å². The van der Waals surface area contributed by atoms with Gasteiger partial charge in [0.2, 0.25) is 0 Å². The molecule has 0 aliphatic rings. The van der Waals surface area contributed by atoms with E-state index in [9.17, 15) is 4.79 Å². The molecule has 1 heterocycles. The molecular formula is C19H16BrN3O2. The lowest BCUT2D eigenvalue weighted by atomic mass is 10.2. The van der Waals surface area contributed by atoms with Crippen molar-refractivity contribution in [3.8, 4) is 5.75 Å². The van der Waals surface area contributed by atoms with Crippen molar-refractivity contribution < 1.29 is 9.53 Å². The van der Waals surface area contributed by atoms with E-state index in [-0.39, 0.29) is 5.91 Å². The lowest BCUT2D eigenvalue weighted by Gasteiger charge is -2.13. The number of rotatable bonds is 5. The van der Waals surface area contributed by atoms with Crippen molar-refractivity contribution in [2.24, 2.45) is 0 Å². The van der Waals surface area contributed by atoms with Gasteiger partial charge >= 0.3 is 0 Å². The number of nitrogens with zero attached hydrogens (tertiary/aromatic N) is 1. The van der Waals surface area contributed by atoms with Crippen LogP contribution in [-0.4, -0.2) is 18.0 Å². The molecule has 0 saturated carbocycles. The molecule has 0 saturated heterocycles. The molecule has 0 aliphatic heterocycles. The second-order valence-electron chi connectivity index (χ2n) is 5.19. The molecule has 0 spiro atoms. The van der Waals surface area contributed by atoms with Crippen molar-refractivity contribution in [1.29, 1.82) is 0 Å². The normalized spacial score (nSPS) is 10.2. The molecule has 1 aromatic heterocycles. The molecule has 3 aromatic rings. The largest absolute Gasteiger partial charge is 0.495 e. The van der Waals surface area contributed by atoms with Crippen LogP contribution in [0.1, 0.15) is 10.4 Å². The van der Waals surface area contributed by atoms with Crippen LogP contribution in [0.2, 0.25) is 0 Å². The minimum absolute atomic E-state index is 0.266. The zero-order valence-electron chi connectivity index (χ0n) is 13.5. The van der Waals surface area contributed by atoms with Crippen molar-refractivity contribution in [2.45, 2.75) is 0 Å². The van der Waals surface area contributed by atoms with Gasteiger partial charge in [-0.3, -0.25) is 4.79 Å². The molecule has 0 radical (unpaired) electrons. The van der Waals surface area contributed by atoms with Gasteiger partial charge in [-0.1, -0.05) is 28.1 Å². The van der Waals surface area contributed by atoms with Gasteiger partial charge in [-0.15, -0.1) is 0 Å². The Morgan fingerprint density at radius 1 is 1.04 bits per heavy atom. The van der Waals surface area contributed by atoms with Gasteiger partial charge in [0.25, 0.3) is 5.91 Å². The van der Waals surface area contributed by atoms with Gasteiger partial charge in [-0.25, -0.2) is 4.98 Å². The maximum atomic E-state index is 12.7. The van der Waals surface area contributed by atoms with E-state index in [4.69, 9.17) is 4.74 Å². The Balaban J connectivity index is 1.84. The van der Waals surface area contributed by atoms with Crippen molar-refractivity contribution >= 4 is 39.0 Å². The highest BCUT2D eigenvalue weighted by atomic mass is 79.9. The van der Waals surface area contributed by atoms with Crippen molar-refractivity contribution in [3.05, 3.63) is 76.9 Å². The number of halogens is 1. The quantitative estimate of drug-likeness (QED) is 0.645. The molecule has 0 bridgehead atoms. The number of amides is 1. The summed E-state index contributed by atoms with van der Waals surface area (Å²) in [6.07, 6.45) is 1.64. The van der Waals surface area contributed by atoms with E-state index < -0.39 is 0 Å². The lowest BCUT2D eigenvalue weighted by Crippen LogP contribution is -2.15. The average molecular weight is 398 g/mol. The Hall–Kier alpha value is -2.86. The Bertz CT molecular complexity index is 882. The fourth-order valence-corrected chi connectivity index (χ4v) is 2.56. The first-order valence-corrected chi connectivity index (χ1v) is 8.38. The Labute approximate surface area is 154 Å². The first-order chi connectivity index (χ1) is 12.2. The Kier molecular flexibility index (Phi) is 5.30. The molecule has 0 atom stereocenters. The first-order valence-electron chi connectivity index (χ1n) is 7.59. The summed E-state index contributed by atoms with van der Waals surface area (Å²) in [7, 11) is 1.57. The van der Waals surface area contributed by atoms with Gasteiger partial charge in [0, 0.05) is 16.4 Å². The van der Waals surface area contributed by atoms with Gasteiger partial charge in [0.05, 0.1) is 18.4 Å².